The summed E-state index contributed by atoms with van der Waals surface area (Å²) in [6, 6.07) is 12.4. The molecule has 0 unspecified atom stereocenters. The van der Waals surface area contributed by atoms with Crippen molar-refractivity contribution in [3.63, 3.8) is 0 Å². The SMILES string of the molecule is CC(=O)N1CCC(NC(=O)c2ccc(CN3CCCC3=O)c(Oc3ccc(C(=N)SC(=N)C(C)C)cc3)c2)CC1. The van der Waals surface area contributed by atoms with Crippen LogP contribution in [0.2, 0.25) is 0 Å². The van der Waals surface area contributed by atoms with E-state index in [0.717, 1.165) is 23.7 Å². The molecule has 0 aromatic heterocycles. The molecular weight excluding hydrogens is 526 g/mol. The van der Waals surface area contributed by atoms with Crippen LogP contribution in [0.3, 0.4) is 0 Å². The van der Waals surface area contributed by atoms with Crippen LogP contribution in [0.5, 0.6) is 11.5 Å². The summed E-state index contributed by atoms with van der Waals surface area (Å²) >= 11 is 1.14. The minimum atomic E-state index is -0.205. The third-order valence-corrected chi connectivity index (χ3v) is 8.35. The molecule has 2 aromatic carbocycles. The van der Waals surface area contributed by atoms with Gasteiger partial charge >= 0.3 is 0 Å². The maximum atomic E-state index is 13.1. The molecule has 3 amide bonds. The van der Waals surface area contributed by atoms with Crippen molar-refractivity contribution in [2.24, 2.45) is 5.92 Å². The number of rotatable bonds is 8. The second kappa shape index (κ2) is 13.1. The molecule has 3 N–H and O–H groups in total. The standard InChI is InChI=1S/C30H37N5O4S/c1-19(2)28(31)40-29(32)21-8-10-25(11-9-21)39-26-17-22(6-7-23(26)18-35-14-4-5-27(35)37)30(38)33-24-12-15-34(16-13-24)20(3)36/h6-11,17,19,24,31-32H,4-5,12-16,18H2,1-3H3,(H,33,38). The summed E-state index contributed by atoms with van der Waals surface area (Å²) in [6.07, 6.45) is 2.79. The minimum absolute atomic E-state index is 0.00715. The molecule has 40 heavy (non-hydrogen) atoms. The van der Waals surface area contributed by atoms with Gasteiger partial charge in [0.2, 0.25) is 11.8 Å². The molecule has 0 atom stereocenters. The Balaban J connectivity index is 1.50. The van der Waals surface area contributed by atoms with E-state index in [1.807, 2.05) is 19.9 Å². The Labute approximate surface area is 239 Å². The van der Waals surface area contributed by atoms with Crippen LogP contribution < -0.4 is 10.1 Å². The average Bonchev–Trinajstić information content (AvgIpc) is 3.34. The van der Waals surface area contributed by atoms with Crippen LogP contribution in [0, 0.1) is 16.7 Å². The third kappa shape index (κ3) is 7.50. The summed E-state index contributed by atoms with van der Waals surface area (Å²) in [5.41, 5.74) is 1.96. The first kappa shape index (κ1) is 29.3. The number of amides is 3. The lowest BCUT2D eigenvalue weighted by atomic mass is 10.0. The molecular formula is C30H37N5O4S. The molecule has 9 nitrogen and oxygen atoms in total. The van der Waals surface area contributed by atoms with E-state index in [9.17, 15) is 14.4 Å². The van der Waals surface area contributed by atoms with Crippen LogP contribution in [0.25, 0.3) is 0 Å². The van der Waals surface area contributed by atoms with Crippen molar-refractivity contribution in [2.75, 3.05) is 19.6 Å². The molecule has 212 valence electrons. The zero-order chi connectivity index (χ0) is 28.8. The Kier molecular flexibility index (Phi) is 9.63. The first-order valence-corrected chi connectivity index (χ1v) is 14.5. The van der Waals surface area contributed by atoms with Crippen LogP contribution in [-0.2, 0) is 16.1 Å². The van der Waals surface area contributed by atoms with Crippen molar-refractivity contribution < 1.29 is 19.1 Å². The molecule has 4 rings (SSSR count). The van der Waals surface area contributed by atoms with Crippen molar-refractivity contribution in [3.8, 4) is 11.5 Å². The van der Waals surface area contributed by atoms with Gasteiger partial charge in [-0.15, -0.1) is 0 Å². The van der Waals surface area contributed by atoms with Gasteiger partial charge < -0.3 is 19.9 Å². The van der Waals surface area contributed by atoms with Crippen LogP contribution in [0.15, 0.2) is 42.5 Å². The van der Waals surface area contributed by atoms with Crippen molar-refractivity contribution in [3.05, 3.63) is 59.2 Å². The number of likely N-dealkylation sites (tertiary alicyclic amines) is 2. The summed E-state index contributed by atoms with van der Waals surface area (Å²) in [4.78, 5) is 40.6. The molecule has 2 saturated heterocycles. The molecule has 2 heterocycles. The fourth-order valence-electron chi connectivity index (χ4n) is 4.69. The quantitative estimate of drug-likeness (QED) is 0.307. The molecule has 0 aliphatic carbocycles. The zero-order valence-corrected chi connectivity index (χ0v) is 24.1. The highest BCUT2D eigenvalue weighted by Crippen LogP contribution is 2.30. The van der Waals surface area contributed by atoms with E-state index in [0.29, 0.717) is 78.2 Å². The van der Waals surface area contributed by atoms with Gasteiger partial charge in [-0.1, -0.05) is 31.7 Å². The number of nitrogens with zero attached hydrogens (tertiary/aromatic N) is 2. The van der Waals surface area contributed by atoms with Crippen LogP contribution in [0.4, 0.5) is 0 Å². The zero-order valence-electron chi connectivity index (χ0n) is 23.3. The summed E-state index contributed by atoms with van der Waals surface area (Å²) in [5, 5.41) is 20.2. The molecule has 10 heteroatoms. The number of carbonyl (C=O) groups excluding carboxylic acids is 3. The summed E-state index contributed by atoms with van der Waals surface area (Å²) in [5.74, 6) is 1.06. The Morgan fingerprint density at radius 1 is 1.05 bits per heavy atom. The number of thioether (sulfide) groups is 1. The fraction of sp³-hybridized carbons (Fsp3) is 0.433. The number of piperidine rings is 1. The topological polar surface area (TPSA) is 127 Å². The van der Waals surface area contributed by atoms with Gasteiger partial charge in [-0.3, -0.25) is 25.2 Å². The number of ether oxygens (including phenoxy) is 1. The smallest absolute Gasteiger partial charge is 0.251 e. The number of carbonyl (C=O) groups is 3. The summed E-state index contributed by atoms with van der Waals surface area (Å²) < 4.78 is 6.25. The number of hydrogen-bond donors (Lipinski definition) is 3. The fourth-order valence-corrected chi connectivity index (χ4v) is 5.40. The molecule has 0 spiro atoms. The van der Waals surface area contributed by atoms with Crippen molar-refractivity contribution in [1.82, 2.24) is 15.1 Å². The minimum Gasteiger partial charge on any atom is -0.457 e. The summed E-state index contributed by atoms with van der Waals surface area (Å²) in [7, 11) is 0. The monoisotopic (exact) mass is 563 g/mol. The molecule has 2 fully saturated rings. The van der Waals surface area contributed by atoms with E-state index >= 15 is 0 Å². The van der Waals surface area contributed by atoms with Crippen LogP contribution in [0.1, 0.15) is 67.9 Å². The molecule has 0 radical (unpaired) electrons. The van der Waals surface area contributed by atoms with E-state index in [1.54, 1.807) is 53.1 Å². The van der Waals surface area contributed by atoms with E-state index in [1.165, 1.54) is 0 Å². The Hall–Kier alpha value is -3.66. The Bertz CT molecular complexity index is 1290. The van der Waals surface area contributed by atoms with Gasteiger partial charge in [0.05, 0.1) is 5.04 Å². The normalized spacial score (nSPS) is 15.8. The maximum Gasteiger partial charge on any atom is 0.251 e. The van der Waals surface area contributed by atoms with Gasteiger partial charge in [-0.2, -0.15) is 0 Å². The second-order valence-corrected chi connectivity index (χ2v) is 11.6. The third-order valence-electron chi connectivity index (χ3n) is 7.22. The lowest BCUT2D eigenvalue weighted by Crippen LogP contribution is -2.46. The first-order valence-electron chi connectivity index (χ1n) is 13.7. The van der Waals surface area contributed by atoms with Gasteiger partial charge in [0.1, 0.15) is 16.5 Å². The molecule has 0 saturated carbocycles. The largest absolute Gasteiger partial charge is 0.457 e. The van der Waals surface area contributed by atoms with Crippen molar-refractivity contribution >= 4 is 39.6 Å². The summed E-state index contributed by atoms with van der Waals surface area (Å²) in [6.45, 7) is 7.77. The molecule has 2 aromatic rings. The van der Waals surface area contributed by atoms with Crippen molar-refractivity contribution in [1.29, 1.82) is 10.8 Å². The van der Waals surface area contributed by atoms with Gasteiger partial charge in [0.25, 0.3) is 5.91 Å². The first-order chi connectivity index (χ1) is 19.1. The van der Waals surface area contributed by atoms with E-state index in [-0.39, 0.29) is 29.7 Å². The van der Waals surface area contributed by atoms with Gasteiger partial charge in [0.15, 0.2) is 0 Å². The lowest BCUT2D eigenvalue weighted by Gasteiger charge is -2.31. The van der Waals surface area contributed by atoms with Gasteiger partial charge in [-0.25, -0.2) is 0 Å². The number of benzene rings is 2. The van der Waals surface area contributed by atoms with Gasteiger partial charge in [-0.05, 0) is 55.7 Å². The molecule has 2 aliphatic rings. The molecule has 0 bridgehead atoms. The average molecular weight is 564 g/mol. The van der Waals surface area contributed by atoms with E-state index in [4.69, 9.17) is 15.6 Å². The maximum absolute atomic E-state index is 13.1. The number of hydrogen-bond acceptors (Lipinski definition) is 7. The highest BCUT2D eigenvalue weighted by molar-refractivity contribution is 8.26. The van der Waals surface area contributed by atoms with Crippen LogP contribution >= 0.6 is 11.8 Å². The van der Waals surface area contributed by atoms with E-state index in [2.05, 4.69) is 5.32 Å². The second-order valence-electron chi connectivity index (χ2n) is 10.6. The molecule has 2 aliphatic heterocycles. The highest BCUT2D eigenvalue weighted by Gasteiger charge is 2.25. The number of nitrogens with one attached hydrogen (secondary N) is 3. The van der Waals surface area contributed by atoms with Crippen molar-refractivity contribution in [2.45, 2.75) is 59.0 Å². The lowest BCUT2D eigenvalue weighted by molar-refractivity contribution is -0.130. The Morgan fingerprint density at radius 3 is 2.33 bits per heavy atom. The Morgan fingerprint density at radius 2 is 1.73 bits per heavy atom. The predicted molar refractivity (Wildman–Crippen MR) is 157 cm³/mol. The van der Waals surface area contributed by atoms with Gasteiger partial charge in [0, 0.05) is 68.2 Å². The van der Waals surface area contributed by atoms with E-state index < -0.39 is 0 Å². The predicted octanol–water partition coefficient (Wildman–Crippen LogP) is 5.03. The highest BCUT2D eigenvalue weighted by atomic mass is 32.2. The van der Waals surface area contributed by atoms with Crippen LogP contribution in [-0.4, -0.2) is 63.3 Å².